The van der Waals surface area contributed by atoms with E-state index in [2.05, 4.69) is 6.92 Å². The van der Waals surface area contributed by atoms with E-state index in [9.17, 15) is 8.42 Å². The number of fused-ring (bicyclic) bond motifs is 1. The molecule has 0 amide bonds. The lowest BCUT2D eigenvalue weighted by atomic mass is 10.1. The second-order valence-electron chi connectivity index (χ2n) is 7.64. The van der Waals surface area contributed by atoms with Crippen LogP contribution in [0.1, 0.15) is 84.0 Å². The normalized spacial score (nSPS) is 11.9. The molecule has 0 saturated carbocycles. The Balaban J connectivity index is 1.58. The fraction of sp³-hybridized carbons (Fsp3) is 0.583. The first kappa shape index (κ1) is 22.9. The van der Waals surface area contributed by atoms with Crippen LogP contribution in [0.5, 0.6) is 0 Å². The van der Waals surface area contributed by atoms with Gasteiger partial charge >= 0.3 is 0 Å². The zero-order valence-corrected chi connectivity index (χ0v) is 18.2. The van der Waals surface area contributed by atoms with Crippen LogP contribution in [-0.4, -0.2) is 15.0 Å². The molecule has 0 fully saturated rings. The topological polar surface area (TPSA) is 43.4 Å². The van der Waals surface area contributed by atoms with Gasteiger partial charge in [0, 0.05) is 5.39 Å². The Morgan fingerprint density at radius 1 is 0.679 bits per heavy atom. The van der Waals surface area contributed by atoms with E-state index in [0.29, 0.717) is 0 Å². The van der Waals surface area contributed by atoms with Crippen molar-refractivity contribution in [3.05, 3.63) is 42.5 Å². The Morgan fingerprint density at radius 3 is 1.86 bits per heavy atom. The standard InChI is InChI=1S/C24H36O3S/c1-2-3-4-5-6-7-8-9-10-11-12-15-21-27-28(25,26)24-20-16-18-22-17-13-14-19-23(22)24/h13-14,16-20H,2-12,15,21H2,1H3. The zero-order chi connectivity index (χ0) is 20.1. The fourth-order valence-corrected chi connectivity index (χ4v) is 4.75. The molecule has 2 aromatic carbocycles. The monoisotopic (exact) mass is 404 g/mol. The van der Waals surface area contributed by atoms with E-state index in [0.717, 1.165) is 30.0 Å². The molecule has 2 aromatic rings. The van der Waals surface area contributed by atoms with Crippen molar-refractivity contribution in [2.75, 3.05) is 6.61 Å². The van der Waals surface area contributed by atoms with Gasteiger partial charge in [-0.25, -0.2) is 0 Å². The first-order valence-corrected chi connectivity index (χ1v) is 12.4. The van der Waals surface area contributed by atoms with Crippen LogP contribution < -0.4 is 0 Å². The van der Waals surface area contributed by atoms with Crippen molar-refractivity contribution in [2.45, 2.75) is 88.9 Å². The van der Waals surface area contributed by atoms with Crippen LogP contribution in [0.15, 0.2) is 47.4 Å². The summed E-state index contributed by atoms with van der Waals surface area (Å²) in [7, 11) is -3.70. The van der Waals surface area contributed by atoms with Gasteiger partial charge in [-0.1, -0.05) is 114 Å². The molecule has 0 heterocycles. The van der Waals surface area contributed by atoms with Crippen molar-refractivity contribution in [3.8, 4) is 0 Å². The summed E-state index contributed by atoms with van der Waals surface area (Å²) in [6.45, 7) is 2.52. The van der Waals surface area contributed by atoms with E-state index in [1.54, 1.807) is 12.1 Å². The largest absolute Gasteiger partial charge is 0.297 e. The molecule has 0 aliphatic carbocycles. The summed E-state index contributed by atoms with van der Waals surface area (Å²) in [4.78, 5) is 0.268. The van der Waals surface area contributed by atoms with Gasteiger partial charge in [0.15, 0.2) is 0 Å². The fourth-order valence-electron chi connectivity index (χ4n) is 3.59. The predicted octanol–water partition coefficient (Wildman–Crippen LogP) is 7.25. The average molecular weight is 405 g/mol. The molecule has 156 valence electrons. The van der Waals surface area contributed by atoms with E-state index >= 15 is 0 Å². The first-order chi connectivity index (χ1) is 13.6. The molecule has 0 spiro atoms. The minimum Gasteiger partial charge on any atom is -0.266 e. The Kier molecular flexibility index (Phi) is 10.6. The van der Waals surface area contributed by atoms with Gasteiger partial charge in [0.25, 0.3) is 10.1 Å². The molecule has 3 nitrogen and oxygen atoms in total. The van der Waals surface area contributed by atoms with Gasteiger partial charge in [0.2, 0.25) is 0 Å². The summed E-state index contributed by atoms with van der Waals surface area (Å²) in [5, 5.41) is 1.64. The van der Waals surface area contributed by atoms with Crippen LogP contribution in [0.4, 0.5) is 0 Å². The van der Waals surface area contributed by atoms with Gasteiger partial charge in [0.1, 0.15) is 4.90 Å². The zero-order valence-electron chi connectivity index (χ0n) is 17.4. The summed E-state index contributed by atoms with van der Waals surface area (Å²) in [6, 6.07) is 12.8. The molecule has 28 heavy (non-hydrogen) atoms. The van der Waals surface area contributed by atoms with Crippen molar-refractivity contribution in [3.63, 3.8) is 0 Å². The highest BCUT2D eigenvalue weighted by atomic mass is 32.2. The van der Waals surface area contributed by atoms with Gasteiger partial charge in [0.05, 0.1) is 6.61 Å². The Hall–Kier alpha value is -1.39. The summed E-state index contributed by atoms with van der Waals surface area (Å²) in [5.74, 6) is 0. The molecule has 0 aliphatic heterocycles. The SMILES string of the molecule is CCCCCCCCCCCCCCOS(=O)(=O)c1cccc2ccccc12. The van der Waals surface area contributed by atoms with Crippen LogP contribution in [0, 0.1) is 0 Å². The number of rotatable bonds is 15. The number of unbranched alkanes of at least 4 members (excludes halogenated alkanes) is 11. The maximum Gasteiger partial charge on any atom is 0.297 e. The maximum atomic E-state index is 12.5. The Bertz CT molecular complexity index is 778. The first-order valence-electron chi connectivity index (χ1n) is 11.0. The molecule has 0 radical (unpaired) electrons. The highest BCUT2D eigenvalue weighted by Crippen LogP contribution is 2.24. The Labute approximate surface area is 171 Å². The molecular weight excluding hydrogens is 368 g/mol. The third kappa shape index (κ3) is 7.92. The molecule has 4 heteroatoms. The minimum absolute atomic E-state index is 0.267. The molecule has 0 bridgehead atoms. The lowest BCUT2D eigenvalue weighted by molar-refractivity contribution is 0.306. The predicted molar refractivity (Wildman–Crippen MR) is 118 cm³/mol. The molecule has 2 rings (SSSR count). The van der Waals surface area contributed by atoms with Gasteiger partial charge in [-0.05, 0) is 17.9 Å². The van der Waals surface area contributed by atoms with E-state index in [-0.39, 0.29) is 11.5 Å². The summed E-state index contributed by atoms with van der Waals surface area (Å²) in [6.07, 6.45) is 15.0. The quantitative estimate of drug-likeness (QED) is 0.232. The third-order valence-corrected chi connectivity index (χ3v) is 6.63. The molecule has 0 aliphatic rings. The lowest BCUT2D eigenvalue weighted by Crippen LogP contribution is -2.08. The second-order valence-corrected chi connectivity index (χ2v) is 9.23. The van der Waals surface area contributed by atoms with Crippen LogP contribution in [0.3, 0.4) is 0 Å². The van der Waals surface area contributed by atoms with Crippen LogP contribution in [-0.2, 0) is 14.3 Å². The Morgan fingerprint density at radius 2 is 1.21 bits per heavy atom. The van der Waals surface area contributed by atoms with Crippen molar-refractivity contribution in [1.82, 2.24) is 0 Å². The van der Waals surface area contributed by atoms with Crippen LogP contribution >= 0.6 is 0 Å². The minimum atomic E-state index is -3.70. The van der Waals surface area contributed by atoms with Crippen LogP contribution in [0.2, 0.25) is 0 Å². The molecule has 0 saturated heterocycles. The van der Waals surface area contributed by atoms with Crippen molar-refractivity contribution in [2.24, 2.45) is 0 Å². The van der Waals surface area contributed by atoms with Gasteiger partial charge in [-0.3, -0.25) is 4.18 Å². The molecule has 0 unspecified atom stereocenters. The molecular formula is C24H36O3S. The van der Waals surface area contributed by atoms with E-state index < -0.39 is 10.1 Å². The number of benzene rings is 2. The van der Waals surface area contributed by atoms with Crippen molar-refractivity contribution in [1.29, 1.82) is 0 Å². The highest BCUT2D eigenvalue weighted by Gasteiger charge is 2.17. The number of hydrogen-bond acceptors (Lipinski definition) is 3. The average Bonchev–Trinajstić information content (AvgIpc) is 2.71. The van der Waals surface area contributed by atoms with E-state index in [1.165, 1.54) is 57.8 Å². The molecule has 0 N–H and O–H groups in total. The van der Waals surface area contributed by atoms with Crippen molar-refractivity contribution >= 4 is 20.9 Å². The smallest absolute Gasteiger partial charge is 0.266 e. The maximum absolute atomic E-state index is 12.5. The van der Waals surface area contributed by atoms with Crippen LogP contribution in [0.25, 0.3) is 10.8 Å². The molecule has 0 atom stereocenters. The molecule has 0 aromatic heterocycles. The van der Waals surface area contributed by atoms with Crippen molar-refractivity contribution < 1.29 is 12.6 Å². The van der Waals surface area contributed by atoms with E-state index in [4.69, 9.17) is 4.18 Å². The van der Waals surface area contributed by atoms with Gasteiger partial charge in [-0.2, -0.15) is 8.42 Å². The summed E-state index contributed by atoms with van der Waals surface area (Å²) >= 11 is 0. The van der Waals surface area contributed by atoms with E-state index in [1.807, 2.05) is 30.3 Å². The summed E-state index contributed by atoms with van der Waals surface area (Å²) < 4.78 is 30.3. The third-order valence-electron chi connectivity index (χ3n) is 5.26. The number of hydrogen-bond donors (Lipinski definition) is 0. The highest BCUT2D eigenvalue weighted by molar-refractivity contribution is 7.87. The van der Waals surface area contributed by atoms with Gasteiger partial charge in [-0.15, -0.1) is 0 Å². The lowest BCUT2D eigenvalue weighted by Gasteiger charge is -2.08. The summed E-state index contributed by atoms with van der Waals surface area (Å²) in [5.41, 5.74) is 0. The van der Waals surface area contributed by atoms with Gasteiger partial charge < -0.3 is 0 Å². The second kappa shape index (κ2) is 12.9.